The molecular weight excluding hydrogens is 256 g/mol. The molecule has 0 saturated carbocycles. The lowest BCUT2D eigenvalue weighted by atomic mass is 9.99. The van der Waals surface area contributed by atoms with Crippen molar-refractivity contribution >= 4 is 6.29 Å². The third-order valence-electron chi connectivity index (χ3n) is 3.10. The number of carbonyl (C=O) groups excluding carboxylic acids is 1. The van der Waals surface area contributed by atoms with Crippen molar-refractivity contribution in [2.24, 2.45) is 0 Å². The summed E-state index contributed by atoms with van der Waals surface area (Å²) in [5, 5.41) is 0. The molecule has 2 aromatic rings. The fraction of sp³-hybridized carbons (Fsp3) is 0.188. The minimum Gasteiger partial charge on any atom is -0.496 e. The van der Waals surface area contributed by atoms with Gasteiger partial charge in [0.2, 0.25) is 0 Å². The smallest absolute Gasteiger partial charge is 0.161 e. The topological polar surface area (TPSA) is 44.8 Å². The maximum atomic E-state index is 11.3. The molecular formula is C16H16O4. The molecule has 0 spiro atoms. The van der Waals surface area contributed by atoms with Crippen LogP contribution in [0.3, 0.4) is 0 Å². The Hall–Kier alpha value is -2.49. The minimum atomic E-state index is 0.516. The highest BCUT2D eigenvalue weighted by Gasteiger charge is 2.12. The van der Waals surface area contributed by atoms with Gasteiger partial charge in [-0.2, -0.15) is 0 Å². The minimum absolute atomic E-state index is 0.516. The average Bonchev–Trinajstić information content (AvgIpc) is 2.53. The highest BCUT2D eigenvalue weighted by molar-refractivity contribution is 5.91. The summed E-state index contributed by atoms with van der Waals surface area (Å²) in [6.45, 7) is 0. The Labute approximate surface area is 117 Å². The first-order chi connectivity index (χ1) is 9.74. The molecule has 0 aliphatic heterocycles. The Balaban J connectivity index is 2.59. The van der Waals surface area contributed by atoms with E-state index in [2.05, 4.69) is 0 Å². The van der Waals surface area contributed by atoms with Crippen molar-refractivity contribution in [2.75, 3.05) is 21.3 Å². The van der Waals surface area contributed by atoms with Crippen LogP contribution in [0.4, 0.5) is 0 Å². The van der Waals surface area contributed by atoms with Crippen LogP contribution in [0.2, 0.25) is 0 Å². The molecule has 0 aliphatic carbocycles. The predicted octanol–water partition coefficient (Wildman–Crippen LogP) is 3.19. The molecule has 4 nitrogen and oxygen atoms in total. The first-order valence-electron chi connectivity index (χ1n) is 6.09. The van der Waals surface area contributed by atoms with E-state index in [-0.39, 0.29) is 0 Å². The van der Waals surface area contributed by atoms with Crippen molar-refractivity contribution < 1.29 is 19.0 Å². The second-order valence-electron chi connectivity index (χ2n) is 4.11. The van der Waals surface area contributed by atoms with Gasteiger partial charge in [-0.15, -0.1) is 0 Å². The van der Waals surface area contributed by atoms with E-state index in [1.165, 1.54) is 0 Å². The third kappa shape index (κ3) is 2.45. The van der Waals surface area contributed by atoms with E-state index in [1.807, 2.05) is 30.3 Å². The monoisotopic (exact) mass is 272 g/mol. The number of hydrogen-bond donors (Lipinski definition) is 0. The van der Waals surface area contributed by atoms with Crippen LogP contribution in [-0.2, 0) is 0 Å². The highest BCUT2D eigenvalue weighted by atomic mass is 16.5. The van der Waals surface area contributed by atoms with Crippen molar-refractivity contribution in [1.29, 1.82) is 0 Å². The first-order valence-corrected chi connectivity index (χ1v) is 6.09. The van der Waals surface area contributed by atoms with Gasteiger partial charge in [0.25, 0.3) is 0 Å². The van der Waals surface area contributed by atoms with Gasteiger partial charge in [0.1, 0.15) is 5.75 Å². The van der Waals surface area contributed by atoms with Gasteiger partial charge in [-0.1, -0.05) is 18.2 Å². The van der Waals surface area contributed by atoms with E-state index in [0.29, 0.717) is 22.8 Å². The van der Waals surface area contributed by atoms with Gasteiger partial charge in [0.15, 0.2) is 17.8 Å². The maximum Gasteiger partial charge on any atom is 0.161 e. The van der Waals surface area contributed by atoms with Crippen molar-refractivity contribution in [3.63, 3.8) is 0 Å². The number of rotatable bonds is 5. The SMILES string of the molecule is COc1ccc(-c2cccc(OC)c2C=O)cc1OC. The quantitative estimate of drug-likeness (QED) is 0.784. The van der Waals surface area contributed by atoms with E-state index in [9.17, 15) is 4.79 Å². The molecule has 4 heteroatoms. The van der Waals surface area contributed by atoms with E-state index in [0.717, 1.165) is 17.4 Å². The first kappa shape index (κ1) is 13.9. The molecule has 104 valence electrons. The Morgan fingerprint density at radius 1 is 0.850 bits per heavy atom. The zero-order valence-electron chi connectivity index (χ0n) is 11.7. The molecule has 0 bridgehead atoms. The molecule has 0 heterocycles. The Morgan fingerprint density at radius 2 is 1.55 bits per heavy atom. The Bertz CT molecular complexity index is 620. The van der Waals surface area contributed by atoms with Crippen LogP contribution in [0.5, 0.6) is 17.2 Å². The van der Waals surface area contributed by atoms with Gasteiger partial charge in [-0.05, 0) is 29.3 Å². The summed E-state index contributed by atoms with van der Waals surface area (Å²) in [4.78, 5) is 11.3. The van der Waals surface area contributed by atoms with Crippen LogP contribution in [0.15, 0.2) is 36.4 Å². The lowest BCUT2D eigenvalue weighted by Crippen LogP contribution is -1.95. The molecule has 0 atom stereocenters. The number of benzene rings is 2. The lowest BCUT2D eigenvalue weighted by Gasteiger charge is -2.12. The molecule has 2 rings (SSSR count). The van der Waals surface area contributed by atoms with Gasteiger partial charge in [0.05, 0.1) is 26.9 Å². The summed E-state index contributed by atoms with van der Waals surface area (Å²) in [5.74, 6) is 1.81. The summed E-state index contributed by atoms with van der Waals surface area (Å²) >= 11 is 0. The van der Waals surface area contributed by atoms with E-state index < -0.39 is 0 Å². The third-order valence-corrected chi connectivity index (χ3v) is 3.10. The number of aldehydes is 1. The van der Waals surface area contributed by atoms with Gasteiger partial charge < -0.3 is 14.2 Å². The van der Waals surface area contributed by atoms with Crippen LogP contribution < -0.4 is 14.2 Å². The zero-order valence-corrected chi connectivity index (χ0v) is 11.7. The number of methoxy groups -OCH3 is 3. The molecule has 0 N–H and O–H groups in total. The van der Waals surface area contributed by atoms with Crippen LogP contribution in [0.1, 0.15) is 10.4 Å². The maximum absolute atomic E-state index is 11.3. The van der Waals surface area contributed by atoms with E-state index in [4.69, 9.17) is 14.2 Å². The molecule has 0 aliphatic rings. The molecule has 0 saturated heterocycles. The molecule has 0 fully saturated rings. The lowest BCUT2D eigenvalue weighted by molar-refractivity contribution is 0.112. The molecule has 0 aromatic heterocycles. The Morgan fingerprint density at radius 3 is 2.15 bits per heavy atom. The summed E-state index contributed by atoms with van der Waals surface area (Å²) in [6, 6.07) is 11.0. The zero-order chi connectivity index (χ0) is 14.5. The van der Waals surface area contributed by atoms with Crippen molar-refractivity contribution in [1.82, 2.24) is 0 Å². The number of hydrogen-bond acceptors (Lipinski definition) is 4. The fourth-order valence-corrected chi connectivity index (χ4v) is 2.10. The molecule has 0 amide bonds. The standard InChI is InChI=1S/C16H16O4/c1-18-14-6-4-5-12(13(14)10-17)11-7-8-15(19-2)16(9-11)20-3/h4-10H,1-3H3. The summed E-state index contributed by atoms with van der Waals surface area (Å²) in [6.07, 6.45) is 0.797. The summed E-state index contributed by atoms with van der Waals surface area (Å²) < 4.78 is 15.7. The van der Waals surface area contributed by atoms with Crippen LogP contribution in [0, 0.1) is 0 Å². The van der Waals surface area contributed by atoms with Gasteiger partial charge >= 0.3 is 0 Å². The van der Waals surface area contributed by atoms with Crippen LogP contribution in [0.25, 0.3) is 11.1 Å². The van der Waals surface area contributed by atoms with Crippen LogP contribution >= 0.6 is 0 Å². The molecule has 0 radical (unpaired) electrons. The van der Waals surface area contributed by atoms with E-state index >= 15 is 0 Å². The van der Waals surface area contributed by atoms with Gasteiger partial charge in [-0.25, -0.2) is 0 Å². The van der Waals surface area contributed by atoms with Crippen molar-refractivity contribution in [2.45, 2.75) is 0 Å². The molecule has 20 heavy (non-hydrogen) atoms. The van der Waals surface area contributed by atoms with Crippen molar-refractivity contribution in [3.8, 4) is 28.4 Å². The summed E-state index contributed by atoms with van der Waals surface area (Å²) in [7, 11) is 4.70. The van der Waals surface area contributed by atoms with E-state index in [1.54, 1.807) is 27.4 Å². The normalized spacial score (nSPS) is 9.95. The molecule has 2 aromatic carbocycles. The van der Waals surface area contributed by atoms with Crippen molar-refractivity contribution in [3.05, 3.63) is 42.0 Å². The van der Waals surface area contributed by atoms with Gasteiger partial charge in [-0.3, -0.25) is 4.79 Å². The van der Waals surface area contributed by atoms with Crippen LogP contribution in [-0.4, -0.2) is 27.6 Å². The van der Waals surface area contributed by atoms with Gasteiger partial charge in [0, 0.05) is 0 Å². The fourth-order valence-electron chi connectivity index (χ4n) is 2.10. The predicted molar refractivity (Wildman–Crippen MR) is 76.9 cm³/mol. The highest BCUT2D eigenvalue weighted by Crippen LogP contribution is 2.35. The Kier molecular flexibility index (Phi) is 4.25. The largest absolute Gasteiger partial charge is 0.496 e. The second kappa shape index (κ2) is 6.10. The number of carbonyl (C=O) groups is 1. The molecule has 0 unspecified atom stereocenters. The number of ether oxygens (including phenoxy) is 3. The second-order valence-corrected chi connectivity index (χ2v) is 4.11. The summed E-state index contributed by atoms with van der Waals surface area (Å²) in [5.41, 5.74) is 2.17. The average molecular weight is 272 g/mol.